The minimum Gasteiger partial charge on any atom is -0.381 e. The number of carbonyl (C=O) groups excluding carboxylic acids is 1. The number of hydrogen-bond donors (Lipinski definition) is 0. The number of aryl methyl sites for hydroxylation is 1. The maximum absolute atomic E-state index is 14.1. The van der Waals surface area contributed by atoms with Crippen LogP contribution in [-0.2, 0) is 16.0 Å². The second-order valence-electron chi connectivity index (χ2n) is 10.8. The predicted octanol–water partition coefficient (Wildman–Crippen LogP) is 4.67. The monoisotopic (exact) mass is 537 g/mol. The van der Waals surface area contributed by atoms with E-state index in [4.69, 9.17) is 16.3 Å². The van der Waals surface area contributed by atoms with E-state index in [0.29, 0.717) is 36.6 Å². The van der Waals surface area contributed by atoms with Gasteiger partial charge in [-0.25, -0.2) is 9.97 Å². The van der Waals surface area contributed by atoms with Gasteiger partial charge in [0, 0.05) is 74.8 Å². The van der Waals surface area contributed by atoms with Crippen molar-refractivity contribution in [2.75, 3.05) is 57.4 Å². The Balaban J connectivity index is 1.32. The number of fused-ring (bicyclic) bond motifs is 1. The quantitative estimate of drug-likeness (QED) is 0.433. The average molecular weight is 538 g/mol. The number of rotatable bonds is 9. The molecule has 1 aliphatic carbocycles. The van der Waals surface area contributed by atoms with Gasteiger partial charge in [0.1, 0.15) is 12.1 Å². The highest BCUT2D eigenvalue weighted by atomic mass is 35.5. The van der Waals surface area contributed by atoms with Crippen LogP contribution in [0.4, 0.5) is 5.82 Å². The van der Waals surface area contributed by atoms with Crippen LogP contribution in [-0.4, -0.2) is 84.2 Å². The first-order valence-electron chi connectivity index (χ1n) is 14.1. The lowest BCUT2D eigenvalue weighted by Gasteiger charge is -2.40. The molecule has 0 radical (unpaired) electrons. The summed E-state index contributed by atoms with van der Waals surface area (Å²) in [4.78, 5) is 30.2. The molecule has 0 spiro atoms. The smallest absolute Gasteiger partial charge is 0.231 e. The fraction of sp³-hybridized carbons (Fsp3) is 0.567. The van der Waals surface area contributed by atoms with Gasteiger partial charge in [-0.1, -0.05) is 36.7 Å². The van der Waals surface area contributed by atoms with Crippen LogP contribution in [0.5, 0.6) is 0 Å². The van der Waals surface area contributed by atoms with Gasteiger partial charge in [0.15, 0.2) is 0 Å². The molecule has 1 aromatic heterocycles. The van der Waals surface area contributed by atoms with Gasteiger partial charge < -0.3 is 14.5 Å². The number of hydrogen-bond acceptors (Lipinski definition) is 6. The molecule has 3 aliphatic rings. The summed E-state index contributed by atoms with van der Waals surface area (Å²) in [5.74, 6) is 1.51. The van der Waals surface area contributed by atoms with Gasteiger partial charge >= 0.3 is 0 Å². The summed E-state index contributed by atoms with van der Waals surface area (Å²) in [5, 5.41) is 0.688. The summed E-state index contributed by atoms with van der Waals surface area (Å²) in [7, 11) is 0. The number of carbonyl (C=O) groups is 1. The van der Waals surface area contributed by atoms with E-state index in [2.05, 4.69) is 38.2 Å². The van der Waals surface area contributed by atoms with Crippen molar-refractivity contribution >= 4 is 23.3 Å². The number of benzene rings is 1. The standard InChI is InChI=1S/C30H40ClN5O2/c1-3-4-13-36(25-11-18-38-19-12-25)20-26(23-6-8-24(31)9-7-23)30(37)35-16-14-34(15-17-35)29-28-22(2)5-10-27(28)32-21-33-29/h3,6-9,21-22,25-26H,1,4-5,10-20H2,2H3. The Morgan fingerprint density at radius 2 is 1.89 bits per heavy atom. The molecule has 0 bridgehead atoms. The van der Waals surface area contributed by atoms with Gasteiger partial charge in [0.25, 0.3) is 0 Å². The SMILES string of the molecule is C=CCCN(CC(C(=O)N1CCN(c2ncnc3c2C(C)CC3)CC1)c1ccc(Cl)cc1)C1CCOCC1. The van der Waals surface area contributed by atoms with Crippen LogP contribution in [0.25, 0.3) is 0 Å². The van der Waals surface area contributed by atoms with Gasteiger partial charge in [0.2, 0.25) is 5.91 Å². The highest BCUT2D eigenvalue weighted by Gasteiger charge is 2.34. The van der Waals surface area contributed by atoms with E-state index >= 15 is 0 Å². The van der Waals surface area contributed by atoms with E-state index in [0.717, 1.165) is 76.3 Å². The van der Waals surface area contributed by atoms with Crippen molar-refractivity contribution in [2.45, 2.75) is 56.9 Å². The molecule has 3 heterocycles. The number of aromatic nitrogens is 2. The number of piperazine rings is 1. The number of anilines is 1. The van der Waals surface area contributed by atoms with E-state index in [1.165, 1.54) is 11.3 Å². The number of amides is 1. The maximum Gasteiger partial charge on any atom is 0.231 e. The summed E-state index contributed by atoms with van der Waals surface area (Å²) in [6, 6.07) is 8.25. The number of ether oxygens (including phenoxy) is 1. The predicted molar refractivity (Wildman–Crippen MR) is 152 cm³/mol. The molecule has 2 unspecified atom stereocenters. The van der Waals surface area contributed by atoms with Crippen molar-refractivity contribution < 1.29 is 9.53 Å². The number of nitrogens with zero attached hydrogens (tertiary/aromatic N) is 5. The van der Waals surface area contributed by atoms with E-state index in [9.17, 15) is 4.79 Å². The molecule has 2 saturated heterocycles. The molecule has 1 aromatic carbocycles. The van der Waals surface area contributed by atoms with Crippen LogP contribution < -0.4 is 4.90 Å². The van der Waals surface area contributed by atoms with E-state index in [1.807, 2.05) is 30.3 Å². The summed E-state index contributed by atoms with van der Waals surface area (Å²) >= 11 is 6.22. The fourth-order valence-electron chi connectivity index (χ4n) is 6.22. The molecule has 2 fully saturated rings. The van der Waals surface area contributed by atoms with Crippen molar-refractivity contribution in [1.29, 1.82) is 0 Å². The lowest BCUT2D eigenvalue weighted by molar-refractivity contribution is -0.134. The van der Waals surface area contributed by atoms with Crippen LogP contribution >= 0.6 is 11.6 Å². The average Bonchev–Trinajstić information content (AvgIpc) is 3.35. The Kier molecular flexibility index (Phi) is 8.97. The molecular weight excluding hydrogens is 498 g/mol. The van der Waals surface area contributed by atoms with Crippen molar-refractivity contribution in [3.63, 3.8) is 0 Å². The molecule has 5 rings (SSSR count). The summed E-state index contributed by atoms with van der Waals surface area (Å²) in [6.45, 7) is 12.3. The highest BCUT2D eigenvalue weighted by Crippen LogP contribution is 2.37. The molecule has 2 aliphatic heterocycles. The van der Waals surface area contributed by atoms with Crippen molar-refractivity contribution in [3.05, 3.63) is 65.1 Å². The summed E-state index contributed by atoms with van der Waals surface area (Å²) in [5.41, 5.74) is 3.53. The zero-order chi connectivity index (χ0) is 26.5. The van der Waals surface area contributed by atoms with Gasteiger partial charge in [-0.3, -0.25) is 9.69 Å². The van der Waals surface area contributed by atoms with E-state index in [1.54, 1.807) is 6.33 Å². The first kappa shape index (κ1) is 27.1. The third kappa shape index (κ3) is 6.05. The first-order valence-corrected chi connectivity index (χ1v) is 14.5. The largest absolute Gasteiger partial charge is 0.381 e. The minimum absolute atomic E-state index is 0.198. The molecule has 7 nitrogen and oxygen atoms in total. The van der Waals surface area contributed by atoms with E-state index < -0.39 is 0 Å². The summed E-state index contributed by atoms with van der Waals surface area (Å²) < 4.78 is 5.63. The third-order valence-corrected chi connectivity index (χ3v) is 8.71. The molecule has 0 N–H and O–H groups in total. The molecule has 204 valence electrons. The van der Waals surface area contributed by atoms with Gasteiger partial charge in [-0.05, 0) is 55.7 Å². The second-order valence-corrected chi connectivity index (χ2v) is 11.3. The fourth-order valence-corrected chi connectivity index (χ4v) is 6.35. The Morgan fingerprint density at radius 3 is 2.61 bits per heavy atom. The Labute approximate surface area is 231 Å². The molecule has 8 heteroatoms. The zero-order valence-corrected chi connectivity index (χ0v) is 23.3. The maximum atomic E-state index is 14.1. The Bertz CT molecular complexity index is 1100. The van der Waals surface area contributed by atoms with Crippen molar-refractivity contribution in [1.82, 2.24) is 19.8 Å². The van der Waals surface area contributed by atoms with Crippen LogP contribution in [0.3, 0.4) is 0 Å². The third-order valence-electron chi connectivity index (χ3n) is 8.46. The number of halogens is 1. The molecule has 2 aromatic rings. The van der Waals surface area contributed by atoms with Crippen LogP contribution in [0.2, 0.25) is 5.02 Å². The van der Waals surface area contributed by atoms with Crippen LogP contribution in [0.1, 0.15) is 61.3 Å². The van der Waals surface area contributed by atoms with Gasteiger partial charge in [-0.2, -0.15) is 0 Å². The topological polar surface area (TPSA) is 61.8 Å². The van der Waals surface area contributed by atoms with Crippen molar-refractivity contribution in [2.24, 2.45) is 0 Å². The Hall–Kier alpha value is -2.48. The van der Waals surface area contributed by atoms with Crippen molar-refractivity contribution in [3.8, 4) is 0 Å². The van der Waals surface area contributed by atoms with Gasteiger partial charge in [-0.15, -0.1) is 6.58 Å². The molecule has 1 amide bonds. The zero-order valence-electron chi connectivity index (χ0n) is 22.5. The molecule has 2 atom stereocenters. The second kappa shape index (κ2) is 12.6. The van der Waals surface area contributed by atoms with Crippen LogP contribution in [0, 0.1) is 0 Å². The lowest BCUT2D eigenvalue weighted by atomic mass is 9.94. The molecule has 0 saturated carbocycles. The normalized spacial score (nSPS) is 21.0. The lowest BCUT2D eigenvalue weighted by Crippen LogP contribution is -2.52. The molecular formula is C30H40ClN5O2. The minimum atomic E-state index is -0.241. The summed E-state index contributed by atoms with van der Waals surface area (Å²) in [6.07, 6.45) is 8.74. The van der Waals surface area contributed by atoms with Gasteiger partial charge in [0.05, 0.1) is 5.92 Å². The highest BCUT2D eigenvalue weighted by molar-refractivity contribution is 6.30. The molecule has 38 heavy (non-hydrogen) atoms. The first-order chi connectivity index (χ1) is 18.5. The Morgan fingerprint density at radius 1 is 1.16 bits per heavy atom. The van der Waals surface area contributed by atoms with E-state index in [-0.39, 0.29) is 11.8 Å². The van der Waals surface area contributed by atoms with Crippen LogP contribution in [0.15, 0.2) is 43.2 Å².